The molecule has 1 fully saturated rings. The first-order valence-electron chi connectivity index (χ1n) is 9.81. The van der Waals surface area contributed by atoms with Gasteiger partial charge in [-0.2, -0.15) is 0 Å². The maximum absolute atomic E-state index is 12.4. The first kappa shape index (κ1) is 19.3. The lowest BCUT2D eigenvalue weighted by Crippen LogP contribution is -2.43. The van der Waals surface area contributed by atoms with Crippen LogP contribution in [0.4, 0.5) is 11.6 Å². The molecule has 0 atom stereocenters. The number of carbonyl (C=O) groups is 1. The number of rotatable bonds is 5. The topological polar surface area (TPSA) is 109 Å². The van der Waals surface area contributed by atoms with Crippen LogP contribution in [0.15, 0.2) is 29.1 Å². The number of anilines is 2. The van der Waals surface area contributed by atoms with E-state index >= 15 is 0 Å². The zero-order valence-corrected chi connectivity index (χ0v) is 16.4. The van der Waals surface area contributed by atoms with Crippen molar-refractivity contribution < 1.29 is 14.3 Å². The first-order valence-corrected chi connectivity index (χ1v) is 9.81. The third kappa shape index (κ3) is 5.05. The van der Waals surface area contributed by atoms with Crippen molar-refractivity contribution in [3.05, 3.63) is 40.3 Å². The van der Waals surface area contributed by atoms with Crippen molar-refractivity contribution in [2.45, 2.75) is 25.8 Å². The summed E-state index contributed by atoms with van der Waals surface area (Å²) in [5, 5.41) is 6.21. The fourth-order valence-electron chi connectivity index (χ4n) is 3.60. The molecule has 2 aromatic rings. The van der Waals surface area contributed by atoms with Gasteiger partial charge in [0.1, 0.15) is 13.2 Å². The second-order valence-electron chi connectivity index (χ2n) is 7.34. The molecule has 3 heterocycles. The van der Waals surface area contributed by atoms with Crippen LogP contribution in [0.5, 0.6) is 11.5 Å². The Hall–Kier alpha value is -3.07. The van der Waals surface area contributed by atoms with Gasteiger partial charge in [-0.15, -0.1) is 0 Å². The van der Waals surface area contributed by atoms with Crippen LogP contribution in [0.3, 0.4) is 0 Å². The minimum absolute atomic E-state index is 0.0576. The van der Waals surface area contributed by atoms with E-state index < -0.39 is 0 Å². The Morgan fingerprint density at radius 2 is 1.97 bits per heavy atom. The highest BCUT2D eigenvalue weighted by molar-refractivity contribution is 5.92. The molecule has 0 radical (unpaired) electrons. The number of ether oxygens (including phenoxy) is 2. The minimum atomic E-state index is -0.159. The highest BCUT2D eigenvalue weighted by Gasteiger charge is 2.22. The van der Waals surface area contributed by atoms with E-state index in [0.29, 0.717) is 48.6 Å². The Morgan fingerprint density at radius 3 is 2.72 bits per heavy atom. The standard InChI is InChI=1S/C20H25N5O4/c1-13-10-18(26)24-20(21-13)23-14-4-6-25(7-5-14)12-19(27)22-15-2-3-16-17(11-15)29-9-8-28-16/h2-3,10-11,14H,4-9,12H2,1H3,(H,22,27)(H2,21,23,24,26). The highest BCUT2D eigenvalue weighted by Crippen LogP contribution is 2.32. The SMILES string of the molecule is Cc1cc(=O)[nH]c(NC2CCN(CC(=O)Nc3ccc4c(c3)OCCO4)CC2)n1. The van der Waals surface area contributed by atoms with Gasteiger partial charge in [0.25, 0.3) is 5.56 Å². The van der Waals surface area contributed by atoms with Crippen LogP contribution in [0, 0.1) is 6.92 Å². The number of carbonyl (C=O) groups excluding carboxylic acids is 1. The Balaban J connectivity index is 1.25. The number of amides is 1. The second-order valence-corrected chi connectivity index (χ2v) is 7.34. The Kier molecular flexibility index (Phi) is 5.66. The maximum Gasteiger partial charge on any atom is 0.252 e. The van der Waals surface area contributed by atoms with Crippen LogP contribution in [0.1, 0.15) is 18.5 Å². The fourth-order valence-corrected chi connectivity index (χ4v) is 3.60. The molecule has 2 aliphatic heterocycles. The Labute approximate surface area is 168 Å². The molecule has 1 aromatic heterocycles. The molecule has 9 heteroatoms. The summed E-state index contributed by atoms with van der Waals surface area (Å²) in [5.74, 6) is 1.81. The van der Waals surface area contributed by atoms with Crippen LogP contribution in [0.2, 0.25) is 0 Å². The number of H-pyrrole nitrogens is 1. The van der Waals surface area contributed by atoms with Crippen molar-refractivity contribution in [3.63, 3.8) is 0 Å². The quantitative estimate of drug-likeness (QED) is 0.697. The molecule has 2 aliphatic rings. The number of fused-ring (bicyclic) bond motifs is 1. The monoisotopic (exact) mass is 399 g/mol. The van der Waals surface area contributed by atoms with Gasteiger partial charge in [0.2, 0.25) is 11.9 Å². The van der Waals surface area contributed by atoms with Gasteiger partial charge in [0.05, 0.1) is 6.54 Å². The lowest BCUT2D eigenvalue weighted by Gasteiger charge is -2.32. The number of nitrogens with one attached hydrogen (secondary N) is 3. The number of benzene rings is 1. The van der Waals surface area contributed by atoms with Crippen molar-refractivity contribution in [3.8, 4) is 11.5 Å². The molecule has 0 bridgehead atoms. The van der Waals surface area contributed by atoms with E-state index in [9.17, 15) is 9.59 Å². The molecule has 29 heavy (non-hydrogen) atoms. The second kappa shape index (κ2) is 8.52. The van der Waals surface area contributed by atoms with Gasteiger partial charge in [-0.05, 0) is 31.9 Å². The fraction of sp³-hybridized carbons (Fsp3) is 0.450. The molecule has 0 spiro atoms. The molecule has 0 saturated carbocycles. The van der Waals surface area contributed by atoms with E-state index in [0.717, 1.165) is 25.9 Å². The summed E-state index contributed by atoms with van der Waals surface area (Å²) < 4.78 is 11.0. The third-order valence-corrected chi connectivity index (χ3v) is 4.99. The predicted molar refractivity (Wildman–Crippen MR) is 109 cm³/mol. The van der Waals surface area contributed by atoms with Crippen LogP contribution in [-0.4, -0.2) is 59.7 Å². The number of hydrogen-bond donors (Lipinski definition) is 3. The number of aromatic nitrogens is 2. The van der Waals surface area contributed by atoms with Crippen LogP contribution >= 0.6 is 0 Å². The van der Waals surface area contributed by atoms with Gasteiger partial charge < -0.3 is 20.1 Å². The van der Waals surface area contributed by atoms with Crippen molar-refractivity contribution in [1.29, 1.82) is 0 Å². The van der Waals surface area contributed by atoms with Gasteiger partial charge in [0.15, 0.2) is 11.5 Å². The Morgan fingerprint density at radius 1 is 1.21 bits per heavy atom. The molecule has 0 aliphatic carbocycles. The number of piperidine rings is 1. The minimum Gasteiger partial charge on any atom is -0.486 e. The van der Waals surface area contributed by atoms with E-state index in [1.165, 1.54) is 6.07 Å². The molecular weight excluding hydrogens is 374 g/mol. The lowest BCUT2D eigenvalue weighted by molar-refractivity contribution is -0.117. The van der Waals surface area contributed by atoms with E-state index in [-0.39, 0.29) is 17.5 Å². The molecule has 1 aromatic carbocycles. The zero-order chi connectivity index (χ0) is 20.2. The van der Waals surface area contributed by atoms with Gasteiger partial charge in [-0.25, -0.2) is 4.98 Å². The molecule has 4 rings (SSSR count). The molecule has 154 valence electrons. The van der Waals surface area contributed by atoms with Gasteiger partial charge in [-0.1, -0.05) is 0 Å². The van der Waals surface area contributed by atoms with Crippen molar-refractivity contribution in [2.75, 3.05) is 43.5 Å². The smallest absolute Gasteiger partial charge is 0.252 e. The summed E-state index contributed by atoms with van der Waals surface area (Å²) in [4.78, 5) is 33.1. The summed E-state index contributed by atoms with van der Waals surface area (Å²) in [6.07, 6.45) is 1.74. The normalized spacial score (nSPS) is 17.0. The van der Waals surface area contributed by atoms with Crippen molar-refractivity contribution in [1.82, 2.24) is 14.9 Å². The summed E-state index contributed by atoms with van der Waals surface area (Å²) in [7, 11) is 0. The Bertz CT molecular complexity index is 937. The molecular formula is C20H25N5O4. The molecule has 1 saturated heterocycles. The third-order valence-electron chi connectivity index (χ3n) is 4.99. The van der Waals surface area contributed by atoms with E-state index in [4.69, 9.17) is 9.47 Å². The van der Waals surface area contributed by atoms with E-state index in [1.807, 2.05) is 12.1 Å². The lowest BCUT2D eigenvalue weighted by atomic mass is 10.1. The molecule has 0 unspecified atom stereocenters. The predicted octanol–water partition coefficient (Wildman–Crippen LogP) is 1.36. The number of hydrogen-bond acceptors (Lipinski definition) is 7. The first-order chi connectivity index (χ1) is 14.0. The number of nitrogens with zero attached hydrogens (tertiary/aromatic N) is 2. The summed E-state index contributed by atoms with van der Waals surface area (Å²) in [6.45, 7) is 4.77. The van der Waals surface area contributed by atoms with Gasteiger partial charge >= 0.3 is 0 Å². The highest BCUT2D eigenvalue weighted by atomic mass is 16.6. The molecule has 3 N–H and O–H groups in total. The van der Waals surface area contributed by atoms with Crippen LogP contribution in [-0.2, 0) is 4.79 Å². The van der Waals surface area contributed by atoms with Crippen molar-refractivity contribution in [2.24, 2.45) is 0 Å². The number of likely N-dealkylation sites (tertiary alicyclic amines) is 1. The summed E-state index contributed by atoms with van der Waals surface area (Å²) in [6, 6.07) is 7.10. The van der Waals surface area contributed by atoms with Gasteiger partial charge in [-0.3, -0.25) is 19.5 Å². The van der Waals surface area contributed by atoms with E-state index in [2.05, 4.69) is 25.5 Å². The zero-order valence-electron chi connectivity index (χ0n) is 16.4. The maximum atomic E-state index is 12.4. The largest absolute Gasteiger partial charge is 0.486 e. The molecule has 1 amide bonds. The summed E-state index contributed by atoms with van der Waals surface area (Å²) in [5.41, 5.74) is 1.23. The van der Waals surface area contributed by atoms with Crippen LogP contribution < -0.4 is 25.7 Å². The average molecular weight is 399 g/mol. The average Bonchev–Trinajstić information content (AvgIpc) is 2.68. The van der Waals surface area contributed by atoms with Gasteiger partial charge in [0, 0.05) is 42.6 Å². The molecule has 9 nitrogen and oxygen atoms in total. The number of aryl methyl sites for hydroxylation is 1. The summed E-state index contributed by atoms with van der Waals surface area (Å²) >= 11 is 0. The van der Waals surface area contributed by atoms with Crippen molar-refractivity contribution >= 4 is 17.5 Å². The number of aromatic amines is 1. The van der Waals surface area contributed by atoms with E-state index in [1.54, 1.807) is 13.0 Å². The van der Waals surface area contributed by atoms with Crippen LogP contribution in [0.25, 0.3) is 0 Å².